The Morgan fingerprint density at radius 3 is 2.25 bits per heavy atom. The van der Waals surface area contributed by atoms with Gasteiger partial charge in [0.2, 0.25) is 5.91 Å². The number of ether oxygens (including phenoxy) is 1. The number of aromatic nitrogens is 1. The molecule has 0 bridgehead atoms. The van der Waals surface area contributed by atoms with Crippen molar-refractivity contribution in [2.45, 2.75) is 33.1 Å². The third-order valence-electron chi connectivity index (χ3n) is 4.95. The highest BCUT2D eigenvalue weighted by atomic mass is 16.5. The van der Waals surface area contributed by atoms with E-state index < -0.39 is 0 Å². The molecule has 0 aliphatic carbocycles. The summed E-state index contributed by atoms with van der Waals surface area (Å²) >= 11 is 0. The summed E-state index contributed by atoms with van der Waals surface area (Å²) < 4.78 is 5.68. The van der Waals surface area contributed by atoms with Gasteiger partial charge in [-0.25, -0.2) is 0 Å². The molecule has 0 unspecified atom stereocenters. The normalized spacial score (nSPS) is 11.0. The van der Waals surface area contributed by atoms with Gasteiger partial charge >= 0.3 is 0 Å². The van der Waals surface area contributed by atoms with Gasteiger partial charge in [-0.05, 0) is 59.5 Å². The van der Waals surface area contributed by atoms with Crippen LogP contribution in [0.25, 0.3) is 11.1 Å². The molecule has 2 amide bonds. The van der Waals surface area contributed by atoms with Gasteiger partial charge < -0.3 is 20.4 Å². The maximum absolute atomic E-state index is 13.0. The Kier molecular flexibility index (Phi) is 6.48. The Hall–Kier alpha value is -3.87. The van der Waals surface area contributed by atoms with Crippen molar-refractivity contribution in [2.75, 3.05) is 17.7 Å². The second-order valence-electron chi connectivity index (χ2n) is 8.48. The Morgan fingerprint density at radius 1 is 1.00 bits per heavy atom. The summed E-state index contributed by atoms with van der Waals surface area (Å²) in [5.74, 6) is 0.0165. The van der Waals surface area contributed by atoms with Gasteiger partial charge in [0.05, 0.1) is 12.8 Å². The van der Waals surface area contributed by atoms with Crippen LogP contribution in [0.5, 0.6) is 5.75 Å². The van der Waals surface area contributed by atoms with E-state index in [-0.39, 0.29) is 22.8 Å². The Balaban J connectivity index is 2.05. The van der Waals surface area contributed by atoms with E-state index in [4.69, 9.17) is 4.74 Å². The second-order valence-corrected chi connectivity index (χ2v) is 8.48. The molecular formula is C25H27N3O4. The smallest absolute Gasteiger partial charge is 0.255 e. The molecule has 3 N–H and O–H groups in total. The summed E-state index contributed by atoms with van der Waals surface area (Å²) in [6.45, 7) is 7.53. The standard InChI is InChI=1S/C25H27N3O4/c1-15(29)27-18-10-8-16(9-11-18)23(30)28-21-14-17(19-7-6-12-26-24(19)31)13-20(22(21)32-5)25(2,3)4/h6-14H,1-5H3,(H,26,31)(H,27,29)(H,28,30). The number of nitrogens with one attached hydrogen (secondary N) is 3. The van der Waals surface area contributed by atoms with E-state index >= 15 is 0 Å². The SMILES string of the molecule is COc1c(NC(=O)c2ccc(NC(C)=O)cc2)cc(-c2ccc[nH]c2=O)cc1C(C)(C)C. The zero-order valence-corrected chi connectivity index (χ0v) is 18.8. The monoisotopic (exact) mass is 433 g/mol. The van der Waals surface area contributed by atoms with Crippen LogP contribution in [0.1, 0.15) is 43.6 Å². The number of benzene rings is 2. The van der Waals surface area contributed by atoms with Gasteiger partial charge in [0.25, 0.3) is 11.5 Å². The molecule has 166 valence electrons. The minimum atomic E-state index is -0.336. The molecule has 3 aromatic rings. The minimum absolute atomic E-state index is 0.186. The summed E-state index contributed by atoms with van der Waals surface area (Å²) in [6.07, 6.45) is 1.58. The quantitative estimate of drug-likeness (QED) is 0.549. The van der Waals surface area contributed by atoms with E-state index in [2.05, 4.69) is 15.6 Å². The predicted octanol–water partition coefficient (Wildman–Crippen LogP) is 4.56. The fourth-order valence-electron chi connectivity index (χ4n) is 3.41. The zero-order valence-electron chi connectivity index (χ0n) is 18.8. The molecule has 32 heavy (non-hydrogen) atoms. The highest BCUT2D eigenvalue weighted by Crippen LogP contribution is 2.40. The molecule has 0 saturated carbocycles. The summed E-state index contributed by atoms with van der Waals surface area (Å²) in [5.41, 5.74) is 3.00. The first kappa shape index (κ1) is 22.8. The third kappa shape index (κ3) is 5.06. The summed E-state index contributed by atoms with van der Waals surface area (Å²) in [6, 6.07) is 13.7. The number of carbonyl (C=O) groups excluding carboxylic acids is 2. The predicted molar refractivity (Wildman–Crippen MR) is 126 cm³/mol. The van der Waals surface area contributed by atoms with Gasteiger partial charge in [0, 0.05) is 35.5 Å². The van der Waals surface area contributed by atoms with Crippen LogP contribution in [0.15, 0.2) is 59.5 Å². The molecule has 0 spiro atoms. The van der Waals surface area contributed by atoms with Crippen molar-refractivity contribution in [3.8, 4) is 16.9 Å². The van der Waals surface area contributed by atoms with Crippen LogP contribution >= 0.6 is 0 Å². The molecule has 0 aliphatic rings. The molecule has 0 fully saturated rings. The maximum Gasteiger partial charge on any atom is 0.255 e. The fraction of sp³-hybridized carbons (Fsp3) is 0.240. The molecule has 0 radical (unpaired) electrons. The molecule has 7 heteroatoms. The number of aromatic amines is 1. The van der Waals surface area contributed by atoms with E-state index in [0.717, 1.165) is 5.56 Å². The maximum atomic E-state index is 13.0. The lowest BCUT2D eigenvalue weighted by molar-refractivity contribution is -0.114. The van der Waals surface area contributed by atoms with Crippen LogP contribution in [0, 0.1) is 0 Å². The van der Waals surface area contributed by atoms with Crippen molar-refractivity contribution in [1.29, 1.82) is 0 Å². The van der Waals surface area contributed by atoms with Crippen LogP contribution in [-0.4, -0.2) is 23.9 Å². The topological polar surface area (TPSA) is 100 Å². The number of H-pyrrole nitrogens is 1. The van der Waals surface area contributed by atoms with Crippen molar-refractivity contribution in [2.24, 2.45) is 0 Å². The number of pyridine rings is 1. The van der Waals surface area contributed by atoms with Crippen LogP contribution in [0.3, 0.4) is 0 Å². The Bertz CT molecular complexity index is 1210. The number of methoxy groups -OCH3 is 1. The van der Waals surface area contributed by atoms with Gasteiger partial charge in [-0.2, -0.15) is 0 Å². The number of anilines is 2. The average Bonchev–Trinajstić information content (AvgIpc) is 2.73. The highest BCUT2D eigenvalue weighted by Gasteiger charge is 2.24. The lowest BCUT2D eigenvalue weighted by Gasteiger charge is -2.25. The van der Waals surface area contributed by atoms with Crippen molar-refractivity contribution in [3.63, 3.8) is 0 Å². The largest absolute Gasteiger partial charge is 0.494 e. The highest BCUT2D eigenvalue weighted by molar-refractivity contribution is 6.06. The molecule has 7 nitrogen and oxygen atoms in total. The molecule has 3 rings (SSSR count). The van der Waals surface area contributed by atoms with Gasteiger partial charge in [0.15, 0.2) is 0 Å². The number of hydrogen-bond donors (Lipinski definition) is 3. The summed E-state index contributed by atoms with van der Waals surface area (Å²) in [7, 11) is 1.55. The zero-order chi connectivity index (χ0) is 23.5. The number of amides is 2. The number of carbonyl (C=O) groups is 2. The first-order chi connectivity index (χ1) is 15.1. The summed E-state index contributed by atoms with van der Waals surface area (Å²) in [4.78, 5) is 39.3. The van der Waals surface area contributed by atoms with E-state index in [1.165, 1.54) is 6.92 Å². The third-order valence-corrected chi connectivity index (χ3v) is 4.95. The van der Waals surface area contributed by atoms with Crippen molar-refractivity contribution >= 4 is 23.2 Å². The van der Waals surface area contributed by atoms with Gasteiger partial charge in [0.1, 0.15) is 5.75 Å². The summed E-state index contributed by atoms with van der Waals surface area (Å²) in [5, 5.41) is 5.59. The van der Waals surface area contributed by atoms with Crippen LogP contribution in [0.4, 0.5) is 11.4 Å². The second kappa shape index (κ2) is 9.09. The Labute approximate surface area is 186 Å². The molecule has 0 saturated heterocycles. The molecular weight excluding hydrogens is 406 g/mol. The van der Waals surface area contributed by atoms with Gasteiger partial charge in [-0.1, -0.05) is 20.8 Å². The number of hydrogen-bond acceptors (Lipinski definition) is 4. The lowest BCUT2D eigenvalue weighted by atomic mass is 9.84. The Morgan fingerprint density at radius 2 is 1.69 bits per heavy atom. The van der Waals surface area contributed by atoms with E-state index in [9.17, 15) is 14.4 Å². The van der Waals surface area contributed by atoms with E-state index in [1.54, 1.807) is 55.8 Å². The van der Waals surface area contributed by atoms with Crippen LogP contribution in [-0.2, 0) is 10.2 Å². The van der Waals surface area contributed by atoms with Crippen LogP contribution < -0.4 is 20.9 Å². The molecule has 1 aromatic heterocycles. The van der Waals surface area contributed by atoms with E-state index in [1.807, 2.05) is 26.8 Å². The molecule has 1 heterocycles. The fourth-order valence-corrected chi connectivity index (χ4v) is 3.41. The first-order valence-corrected chi connectivity index (χ1v) is 10.2. The molecule has 0 atom stereocenters. The van der Waals surface area contributed by atoms with Gasteiger partial charge in [-0.3, -0.25) is 14.4 Å². The lowest BCUT2D eigenvalue weighted by Crippen LogP contribution is -2.18. The minimum Gasteiger partial charge on any atom is -0.494 e. The van der Waals surface area contributed by atoms with Crippen LogP contribution in [0.2, 0.25) is 0 Å². The van der Waals surface area contributed by atoms with Crippen molar-refractivity contribution in [1.82, 2.24) is 4.98 Å². The molecule has 0 aliphatic heterocycles. The molecule has 2 aromatic carbocycles. The van der Waals surface area contributed by atoms with E-state index in [0.29, 0.717) is 33.8 Å². The first-order valence-electron chi connectivity index (χ1n) is 10.2. The number of rotatable bonds is 5. The van der Waals surface area contributed by atoms with Crippen molar-refractivity contribution < 1.29 is 14.3 Å². The van der Waals surface area contributed by atoms with Gasteiger partial charge in [-0.15, -0.1) is 0 Å². The van der Waals surface area contributed by atoms with Crippen molar-refractivity contribution in [3.05, 3.63) is 76.2 Å². The average molecular weight is 434 g/mol.